The molecule has 1 fully saturated rings. The second-order valence-corrected chi connectivity index (χ2v) is 7.41. The maximum absolute atomic E-state index is 13.0. The van der Waals surface area contributed by atoms with Crippen molar-refractivity contribution in [3.05, 3.63) is 69.8 Å². The number of nitro benzene ring substituents is 1. The van der Waals surface area contributed by atoms with Crippen molar-refractivity contribution in [2.24, 2.45) is 5.92 Å². The molecule has 1 heterocycles. The Morgan fingerprint density at radius 3 is 2.69 bits per heavy atom. The van der Waals surface area contributed by atoms with Gasteiger partial charge in [0, 0.05) is 37.8 Å². The molecule has 1 saturated heterocycles. The van der Waals surface area contributed by atoms with E-state index in [0.29, 0.717) is 12.1 Å². The number of carbonyl (C=O) groups is 2. The molecule has 0 spiro atoms. The Kier molecular flexibility index (Phi) is 5.96. The number of carbonyl (C=O) groups excluding carboxylic acids is 2. The van der Waals surface area contributed by atoms with E-state index in [1.54, 1.807) is 29.0 Å². The molecule has 0 aromatic heterocycles. The summed E-state index contributed by atoms with van der Waals surface area (Å²) in [5.41, 5.74) is 2.64. The molecule has 0 unspecified atom stereocenters. The lowest BCUT2D eigenvalue weighted by atomic mass is 10.0. The zero-order valence-electron chi connectivity index (χ0n) is 16.9. The second kappa shape index (κ2) is 8.43. The Morgan fingerprint density at radius 2 is 2.00 bits per heavy atom. The first-order valence-corrected chi connectivity index (χ1v) is 9.72. The van der Waals surface area contributed by atoms with E-state index in [1.807, 2.05) is 31.2 Å². The molecule has 0 aliphatic carbocycles. The van der Waals surface area contributed by atoms with Crippen molar-refractivity contribution in [1.29, 1.82) is 0 Å². The second-order valence-electron chi connectivity index (χ2n) is 7.41. The lowest BCUT2D eigenvalue weighted by Crippen LogP contribution is -2.36. The molecule has 1 aliphatic heterocycles. The highest BCUT2D eigenvalue weighted by molar-refractivity contribution is 6.00. The predicted octanol–water partition coefficient (Wildman–Crippen LogP) is 3.73. The van der Waals surface area contributed by atoms with Crippen LogP contribution in [0.1, 0.15) is 37.4 Å². The molecule has 0 bridgehead atoms. The zero-order valence-corrected chi connectivity index (χ0v) is 16.9. The summed E-state index contributed by atoms with van der Waals surface area (Å²) < 4.78 is 0. The van der Waals surface area contributed by atoms with E-state index in [0.717, 1.165) is 17.7 Å². The van der Waals surface area contributed by atoms with Crippen LogP contribution in [0.4, 0.5) is 11.4 Å². The van der Waals surface area contributed by atoms with Gasteiger partial charge >= 0.3 is 0 Å². The van der Waals surface area contributed by atoms with Gasteiger partial charge in [-0.2, -0.15) is 0 Å². The monoisotopic (exact) mass is 395 g/mol. The summed E-state index contributed by atoms with van der Waals surface area (Å²) in [6.45, 7) is 4.23. The number of nitro groups is 1. The quantitative estimate of drug-likeness (QED) is 0.551. The summed E-state index contributed by atoms with van der Waals surface area (Å²) in [5, 5.41) is 11.0. The van der Waals surface area contributed by atoms with Gasteiger partial charge in [0.25, 0.3) is 5.69 Å². The molecule has 0 radical (unpaired) electrons. The minimum atomic E-state index is -0.448. The summed E-state index contributed by atoms with van der Waals surface area (Å²) in [5.74, 6) is -0.626. The highest BCUT2D eigenvalue weighted by Crippen LogP contribution is 2.30. The smallest absolute Gasteiger partial charge is 0.269 e. The van der Waals surface area contributed by atoms with Gasteiger partial charge in [-0.3, -0.25) is 19.7 Å². The fraction of sp³-hybridized carbons (Fsp3) is 0.364. The fourth-order valence-corrected chi connectivity index (χ4v) is 3.67. The number of nitrogens with zero attached hydrogens (tertiary/aromatic N) is 3. The van der Waals surface area contributed by atoms with Crippen LogP contribution in [0, 0.1) is 16.0 Å². The molecule has 0 N–H and O–H groups in total. The first-order chi connectivity index (χ1) is 13.8. The number of anilines is 1. The maximum Gasteiger partial charge on any atom is 0.269 e. The topological polar surface area (TPSA) is 83.8 Å². The van der Waals surface area contributed by atoms with Gasteiger partial charge in [-0.05, 0) is 36.6 Å². The van der Waals surface area contributed by atoms with Crippen molar-refractivity contribution in [3.63, 3.8) is 0 Å². The van der Waals surface area contributed by atoms with Crippen LogP contribution in [0.2, 0.25) is 0 Å². The molecule has 0 saturated carbocycles. The third-order valence-electron chi connectivity index (χ3n) is 5.60. The molecule has 152 valence electrons. The maximum atomic E-state index is 13.0. The van der Waals surface area contributed by atoms with Crippen LogP contribution in [0.15, 0.2) is 48.5 Å². The Labute approximate surface area is 170 Å². The summed E-state index contributed by atoms with van der Waals surface area (Å²) >= 11 is 0. The molecular formula is C22H25N3O4. The van der Waals surface area contributed by atoms with Crippen molar-refractivity contribution >= 4 is 23.2 Å². The van der Waals surface area contributed by atoms with Crippen LogP contribution in [-0.4, -0.2) is 35.2 Å². The van der Waals surface area contributed by atoms with Crippen LogP contribution < -0.4 is 4.90 Å². The van der Waals surface area contributed by atoms with E-state index in [4.69, 9.17) is 0 Å². The Morgan fingerprint density at radius 1 is 1.28 bits per heavy atom. The number of aryl methyl sites for hydroxylation is 1. The van der Waals surface area contributed by atoms with Crippen LogP contribution >= 0.6 is 0 Å². The molecular weight excluding hydrogens is 370 g/mol. The van der Waals surface area contributed by atoms with E-state index in [1.165, 1.54) is 12.1 Å². The minimum absolute atomic E-state index is 0.00627. The molecule has 1 aliphatic rings. The average molecular weight is 395 g/mol. The van der Waals surface area contributed by atoms with E-state index in [-0.39, 0.29) is 30.0 Å². The number of hydrogen-bond acceptors (Lipinski definition) is 4. The molecule has 3 rings (SSSR count). The average Bonchev–Trinajstić information content (AvgIpc) is 3.13. The van der Waals surface area contributed by atoms with Crippen LogP contribution in [0.5, 0.6) is 0 Å². The number of rotatable bonds is 6. The lowest BCUT2D eigenvalue weighted by Gasteiger charge is -2.28. The van der Waals surface area contributed by atoms with Crippen molar-refractivity contribution in [2.45, 2.75) is 32.7 Å². The van der Waals surface area contributed by atoms with Gasteiger partial charge in [0.15, 0.2) is 0 Å². The highest BCUT2D eigenvalue weighted by atomic mass is 16.6. The molecule has 7 heteroatoms. The molecule has 2 aromatic carbocycles. The van der Waals surface area contributed by atoms with Gasteiger partial charge < -0.3 is 9.80 Å². The zero-order chi connectivity index (χ0) is 21.1. The first kappa shape index (κ1) is 20.5. The number of amides is 2. The van der Waals surface area contributed by atoms with Gasteiger partial charge in [0.2, 0.25) is 11.8 Å². The Hall–Kier alpha value is -3.22. The van der Waals surface area contributed by atoms with E-state index < -0.39 is 10.8 Å². The van der Waals surface area contributed by atoms with Crippen molar-refractivity contribution < 1.29 is 14.5 Å². The third-order valence-corrected chi connectivity index (χ3v) is 5.60. The standard InChI is InChI=1S/C22H25N3O4/c1-4-16-7-5-9-19(11-16)24-14-18(13-21(24)26)22(27)23(3)15(2)17-8-6-10-20(12-17)25(28)29/h5-12,15,18H,4,13-14H2,1-3H3/t15-,18+/m0/s1. The van der Waals surface area contributed by atoms with Gasteiger partial charge in [0.1, 0.15) is 0 Å². The largest absolute Gasteiger partial charge is 0.339 e. The van der Waals surface area contributed by atoms with Crippen molar-refractivity contribution in [1.82, 2.24) is 4.90 Å². The third kappa shape index (κ3) is 4.29. The predicted molar refractivity (Wildman–Crippen MR) is 111 cm³/mol. The summed E-state index contributed by atoms with van der Waals surface area (Å²) in [6.07, 6.45) is 1.04. The summed E-state index contributed by atoms with van der Waals surface area (Å²) in [7, 11) is 1.68. The fourth-order valence-electron chi connectivity index (χ4n) is 3.67. The summed E-state index contributed by atoms with van der Waals surface area (Å²) in [4.78, 5) is 39.4. The normalized spacial score (nSPS) is 17.3. The lowest BCUT2D eigenvalue weighted by molar-refractivity contribution is -0.384. The summed E-state index contributed by atoms with van der Waals surface area (Å²) in [6, 6.07) is 13.8. The van der Waals surface area contributed by atoms with Gasteiger partial charge in [-0.15, -0.1) is 0 Å². The highest BCUT2D eigenvalue weighted by Gasteiger charge is 2.37. The van der Waals surface area contributed by atoms with E-state index in [9.17, 15) is 19.7 Å². The van der Waals surface area contributed by atoms with E-state index in [2.05, 4.69) is 6.92 Å². The SMILES string of the molecule is CCc1cccc(N2C[C@H](C(=O)N(C)[C@@H](C)c3cccc([N+](=O)[O-])c3)CC2=O)c1. The molecule has 2 aromatic rings. The van der Waals surface area contributed by atoms with Crippen LogP contribution in [0.3, 0.4) is 0 Å². The molecule has 7 nitrogen and oxygen atoms in total. The molecule has 2 amide bonds. The van der Waals surface area contributed by atoms with Gasteiger partial charge in [-0.1, -0.05) is 31.2 Å². The Balaban J connectivity index is 1.73. The first-order valence-electron chi connectivity index (χ1n) is 9.72. The van der Waals surface area contributed by atoms with Gasteiger partial charge in [0.05, 0.1) is 16.9 Å². The molecule has 2 atom stereocenters. The van der Waals surface area contributed by atoms with Crippen molar-refractivity contribution in [3.8, 4) is 0 Å². The minimum Gasteiger partial charge on any atom is -0.339 e. The van der Waals surface area contributed by atoms with Crippen molar-refractivity contribution in [2.75, 3.05) is 18.5 Å². The van der Waals surface area contributed by atoms with Crippen LogP contribution in [-0.2, 0) is 16.0 Å². The number of non-ortho nitro benzene ring substituents is 1. The number of benzene rings is 2. The Bertz CT molecular complexity index is 943. The van der Waals surface area contributed by atoms with Crippen LogP contribution in [0.25, 0.3) is 0 Å². The number of hydrogen-bond donors (Lipinski definition) is 0. The van der Waals surface area contributed by atoms with E-state index >= 15 is 0 Å². The molecule has 29 heavy (non-hydrogen) atoms. The van der Waals surface area contributed by atoms with Gasteiger partial charge in [-0.25, -0.2) is 0 Å².